The van der Waals surface area contributed by atoms with Crippen LogP contribution >= 0.6 is 11.3 Å². The van der Waals surface area contributed by atoms with Crippen LogP contribution in [0.25, 0.3) is 0 Å². The van der Waals surface area contributed by atoms with E-state index in [1.165, 1.54) is 9.91 Å². The van der Waals surface area contributed by atoms with Gasteiger partial charge in [-0.2, -0.15) is 5.10 Å². The molecule has 0 saturated carbocycles. The van der Waals surface area contributed by atoms with E-state index < -0.39 is 11.6 Å². The smallest absolute Gasteiger partial charge is 0.318 e. The van der Waals surface area contributed by atoms with Crippen molar-refractivity contribution in [2.24, 2.45) is 5.10 Å². The number of urea groups is 1. The number of hydrogen-bond donors (Lipinski definition) is 1. The van der Waals surface area contributed by atoms with E-state index in [1.807, 2.05) is 56.5 Å². The van der Waals surface area contributed by atoms with Crippen molar-refractivity contribution in [3.63, 3.8) is 0 Å². The van der Waals surface area contributed by atoms with Crippen molar-refractivity contribution in [3.8, 4) is 11.5 Å². The van der Waals surface area contributed by atoms with Gasteiger partial charge in [-0.25, -0.2) is 9.80 Å². The van der Waals surface area contributed by atoms with Crippen LogP contribution < -0.4 is 14.8 Å². The van der Waals surface area contributed by atoms with Gasteiger partial charge in [0.1, 0.15) is 18.0 Å². The first-order chi connectivity index (χ1) is 16.7. The Morgan fingerprint density at radius 1 is 1.20 bits per heavy atom. The third-order valence-corrected chi connectivity index (χ3v) is 6.35. The number of hydrazone groups is 1. The van der Waals surface area contributed by atoms with Gasteiger partial charge in [0.25, 0.3) is 5.91 Å². The van der Waals surface area contributed by atoms with Gasteiger partial charge in [-0.3, -0.25) is 4.79 Å². The van der Waals surface area contributed by atoms with Crippen molar-refractivity contribution in [2.75, 3.05) is 41.0 Å². The van der Waals surface area contributed by atoms with Crippen LogP contribution in [0.2, 0.25) is 0 Å². The molecule has 0 aliphatic carbocycles. The number of ether oxygens (including phenoxy) is 3. The van der Waals surface area contributed by atoms with Gasteiger partial charge in [-0.15, -0.1) is 11.3 Å². The summed E-state index contributed by atoms with van der Waals surface area (Å²) >= 11 is 1.57. The maximum absolute atomic E-state index is 13.6. The summed E-state index contributed by atoms with van der Waals surface area (Å²) in [6, 6.07) is 8.71. The van der Waals surface area contributed by atoms with Crippen LogP contribution in [0.3, 0.4) is 0 Å². The van der Waals surface area contributed by atoms with Crippen molar-refractivity contribution in [1.29, 1.82) is 0 Å². The van der Waals surface area contributed by atoms with Gasteiger partial charge in [-0.05, 0) is 50.4 Å². The number of nitrogens with zero attached hydrogens (tertiary/aromatic N) is 3. The standard InChI is InChI=1S/C25H34N4O5S/c1-25(2,3)26-24(31)28(11-12-32-4)16-23(30)29-20(15-19(27-29)22-8-7-13-35-22)18-14-17(33-5)9-10-21(18)34-6/h7-10,13-14,20H,11-12,15-16H2,1-6H3,(H,26,31). The van der Waals surface area contributed by atoms with Crippen molar-refractivity contribution in [2.45, 2.75) is 38.8 Å². The molecule has 0 saturated heterocycles. The number of carbonyl (C=O) groups excluding carboxylic acids is 2. The quantitative estimate of drug-likeness (QED) is 0.562. The number of nitrogens with one attached hydrogen (secondary N) is 1. The summed E-state index contributed by atoms with van der Waals surface area (Å²) in [4.78, 5) is 29.0. The zero-order chi connectivity index (χ0) is 25.6. The molecule has 1 atom stereocenters. The zero-order valence-corrected chi connectivity index (χ0v) is 22.0. The predicted octanol–water partition coefficient (Wildman–Crippen LogP) is 3.90. The fourth-order valence-electron chi connectivity index (χ4n) is 3.76. The second-order valence-corrected chi connectivity index (χ2v) is 10.1. The molecule has 0 bridgehead atoms. The minimum atomic E-state index is -0.444. The number of methoxy groups -OCH3 is 3. The molecule has 1 aromatic carbocycles. The summed E-state index contributed by atoms with van der Waals surface area (Å²) in [6.07, 6.45) is 0.516. The molecule has 1 aliphatic rings. The maximum atomic E-state index is 13.6. The minimum absolute atomic E-state index is 0.144. The molecule has 2 heterocycles. The Kier molecular flexibility index (Phi) is 8.74. The first-order valence-electron chi connectivity index (χ1n) is 11.4. The lowest BCUT2D eigenvalue weighted by molar-refractivity contribution is -0.133. The number of thiophene rings is 1. The summed E-state index contributed by atoms with van der Waals surface area (Å²) in [5.74, 6) is 0.994. The third kappa shape index (κ3) is 6.73. The van der Waals surface area contributed by atoms with Crippen LogP contribution in [0.15, 0.2) is 40.8 Å². The minimum Gasteiger partial charge on any atom is -0.497 e. The van der Waals surface area contributed by atoms with Gasteiger partial charge >= 0.3 is 6.03 Å². The fraction of sp³-hybridized carbons (Fsp3) is 0.480. The van der Waals surface area contributed by atoms with Crippen molar-refractivity contribution < 1.29 is 23.8 Å². The molecule has 9 nitrogen and oxygen atoms in total. The summed E-state index contributed by atoms with van der Waals surface area (Å²) < 4.78 is 16.2. The molecule has 1 aromatic heterocycles. The Balaban J connectivity index is 1.93. The average Bonchev–Trinajstić information content (AvgIpc) is 3.50. The molecule has 1 aliphatic heterocycles. The highest BCUT2D eigenvalue weighted by Crippen LogP contribution is 2.39. The molecule has 10 heteroatoms. The average molecular weight is 503 g/mol. The van der Waals surface area contributed by atoms with Gasteiger partial charge in [-0.1, -0.05) is 6.07 Å². The summed E-state index contributed by atoms with van der Waals surface area (Å²) in [5.41, 5.74) is 1.16. The fourth-order valence-corrected chi connectivity index (χ4v) is 4.48. The Labute approximate surface area is 210 Å². The van der Waals surface area contributed by atoms with Crippen LogP contribution in [0.4, 0.5) is 4.79 Å². The molecule has 3 amide bonds. The summed E-state index contributed by atoms with van der Waals surface area (Å²) in [6.45, 7) is 6.11. The van der Waals surface area contributed by atoms with Crippen LogP contribution in [-0.4, -0.2) is 74.1 Å². The van der Waals surface area contributed by atoms with Crippen molar-refractivity contribution >= 4 is 29.0 Å². The van der Waals surface area contributed by atoms with Crippen LogP contribution in [0.5, 0.6) is 11.5 Å². The summed E-state index contributed by atoms with van der Waals surface area (Å²) in [7, 11) is 4.75. The molecule has 190 valence electrons. The molecular weight excluding hydrogens is 468 g/mol. The lowest BCUT2D eigenvalue weighted by Gasteiger charge is -2.30. The molecule has 0 radical (unpaired) electrons. The van der Waals surface area contributed by atoms with Gasteiger partial charge in [0.15, 0.2) is 0 Å². The monoisotopic (exact) mass is 502 g/mol. The van der Waals surface area contributed by atoms with E-state index in [0.717, 1.165) is 16.2 Å². The first-order valence-corrected chi connectivity index (χ1v) is 12.3. The maximum Gasteiger partial charge on any atom is 0.318 e. The van der Waals surface area contributed by atoms with Gasteiger partial charge < -0.3 is 24.4 Å². The second-order valence-electron chi connectivity index (χ2n) is 9.18. The number of carbonyl (C=O) groups is 2. The number of amides is 3. The Morgan fingerprint density at radius 2 is 1.97 bits per heavy atom. The van der Waals surface area contributed by atoms with Gasteiger partial charge in [0.05, 0.1) is 37.5 Å². The number of hydrogen-bond acceptors (Lipinski definition) is 7. The zero-order valence-electron chi connectivity index (χ0n) is 21.2. The van der Waals surface area contributed by atoms with E-state index in [2.05, 4.69) is 5.32 Å². The molecule has 0 fully saturated rings. The molecule has 0 spiro atoms. The van der Waals surface area contributed by atoms with E-state index in [-0.39, 0.29) is 25.0 Å². The summed E-state index contributed by atoms with van der Waals surface area (Å²) in [5, 5.41) is 11.1. The largest absolute Gasteiger partial charge is 0.497 e. The lowest BCUT2D eigenvalue weighted by atomic mass is 9.99. The Morgan fingerprint density at radius 3 is 2.57 bits per heavy atom. The van der Waals surface area contributed by atoms with E-state index in [9.17, 15) is 9.59 Å². The Bertz CT molecular complexity index is 1050. The van der Waals surface area contributed by atoms with E-state index in [4.69, 9.17) is 19.3 Å². The molecule has 3 rings (SSSR count). The highest BCUT2D eigenvalue weighted by atomic mass is 32.1. The van der Waals surface area contributed by atoms with Crippen LogP contribution in [0.1, 0.15) is 43.7 Å². The highest BCUT2D eigenvalue weighted by Gasteiger charge is 2.36. The molecule has 1 N–H and O–H groups in total. The number of rotatable bonds is 9. The third-order valence-electron chi connectivity index (χ3n) is 5.43. The van der Waals surface area contributed by atoms with Gasteiger partial charge in [0.2, 0.25) is 0 Å². The Hall–Kier alpha value is -3.11. The van der Waals surface area contributed by atoms with Crippen LogP contribution in [0, 0.1) is 0 Å². The molecular formula is C25H34N4O5S. The molecule has 2 aromatic rings. The number of benzene rings is 1. The molecule has 35 heavy (non-hydrogen) atoms. The van der Waals surface area contributed by atoms with Gasteiger partial charge in [0, 0.05) is 31.2 Å². The van der Waals surface area contributed by atoms with Crippen LogP contribution in [-0.2, 0) is 9.53 Å². The topological polar surface area (TPSA) is 92.7 Å². The van der Waals surface area contributed by atoms with E-state index >= 15 is 0 Å². The van der Waals surface area contributed by atoms with Crippen molar-refractivity contribution in [1.82, 2.24) is 15.2 Å². The normalized spacial score (nSPS) is 15.5. The predicted molar refractivity (Wildman–Crippen MR) is 136 cm³/mol. The SMILES string of the molecule is COCCN(CC(=O)N1N=C(c2cccs2)CC1c1cc(OC)ccc1OC)C(=O)NC(C)(C)C. The first kappa shape index (κ1) is 26.5. The van der Waals surface area contributed by atoms with E-state index in [1.54, 1.807) is 32.7 Å². The lowest BCUT2D eigenvalue weighted by Crippen LogP contribution is -2.52. The van der Waals surface area contributed by atoms with E-state index in [0.29, 0.717) is 24.5 Å². The van der Waals surface area contributed by atoms with Crippen molar-refractivity contribution in [3.05, 3.63) is 46.2 Å². The molecule has 1 unspecified atom stereocenters. The highest BCUT2D eigenvalue weighted by molar-refractivity contribution is 7.12. The second kappa shape index (κ2) is 11.5.